The number of esters is 3. The van der Waals surface area contributed by atoms with Crippen LogP contribution in [-0.2, 0) is 48.4 Å². The van der Waals surface area contributed by atoms with Gasteiger partial charge in [-0.2, -0.15) is 10.9 Å². The van der Waals surface area contributed by atoms with Crippen molar-refractivity contribution in [3.05, 3.63) is 147 Å². The zero-order valence-corrected chi connectivity index (χ0v) is 63.8. The van der Waals surface area contributed by atoms with E-state index >= 15 is 0 Å². The minimum Gasteiger partial charge on any atom is -0.489 e. The van der Waals surface area contributed by atoms with Gasteiger partial charge >= 0.3 is 17.9 Å². The van der Waals surface area contributed by atoms with Crippen LogP contribution >= 0.6 is 146 Å². The van der Waals surface area contributed by atoms with Crippen LogP contribution in [0, 0.1) is 21.4 Å². The number of hydrogen-bond donors (Lipinski definition) is 1. The van der Waals surface area contributed by atoms with Crippen molar-refractivity contribution in [3.8, 4) is 34.5 Å². The summed E-state index contributed by atoms with van der Waals surface area (Å²) in [7, 11) is -1.12. The maximum Gasteiger partial charge on any atom is 0.344 e. The molecule has 0 atom stereocenters. The molecule has 9 rings (SSSR count). The Morgan fingerprint density at radius 3 is 0.852 bits per heavy atom. The van der Waals surface area contributed by atoms with Gasteiger partial charge in [0.25, 0.3) is 0 Å². The number of halogens is 6. The first-order valence-electron chi connectivity index (χ1n) is 30.5. The van der Waals surface area contributed by atoms with Crippen molar-refractivity contribution < 1.29 is 57.0 Å². The quantitative estimate of drug-likeness (QED) is 0.0228. The summed E-state index contributed by atoms with van der Waals surface area (Å²) in [6.07, 6.45) is 17.7. The molecule has 0 radical (unpaired) electrons. The fraction of sp³-hybridized carbons (Fsp3) is 0.435. The lowest BCUT2D eigenvalue weighted by molar-refractivity contribution is -0.167. The van der Waals surface area contributed by atoms with Crippen LogP contribution in [0.4, 0.5) is 0 Å². The predicted molar refractivity (Wildman–Crippen MR) is 395 cm³/mol. The summed E-state index contributed by atoms with van der Waals surface area (Å²) in [5.41, 5.74) is 1.29. The highest BCUT2D eigenvalue weighted by atomic mass is 127. The monoisotopic (exact) mass is 1890 g/mol. The molecule has 6 aromatic carbocycles. The maximum absolute atomic E-state index is 13.2. The van der Waals surface area contributed by atoms with Crippen molar-refractivity contribution in [3.63, 3.8) is 0 Å². The molecule has 3 fully saturated rings. The van der Waals surface area contributed by atoms with Crippen LogP contribution in [0.5, 0.6) is 34.5 Å². The summed E-state index contributed by atoms with van der Waals surface area (Å²) >= 11 is 13.7. The number of rotatable bonds is 27. The number of carbonyl (C=O) groups is 3. The van der Waals surface area contributed by atoms with Crippen molar-refractivity contribution in [1.29, 1.82) is 0 Å². The molecule has 6 aromatic rings. The molecule has 0 aliphatic heterocycles. The smallest absolute Gasteiger partial charge is 0.344 e. The summed E-state index contributed by atoms with van der Waals surface area (Å²) in [6, 6.07) is 36.9. The van der Waals surface area contributed by atoms with E-state index in [4.69, 9.17) is 42.6 Å². The largest absolute Gasteiger partial charge is 0.489 e. The summed E-state index contributed by atoms with van der Waals surface area (Å²) in [5.74, 6) is 2.86. The Labute approximate surface area is 603 Å². The minimum absolute atomic E-state index is 0.175. The molecule has 12 nitrogen and oxygen atoms in total. The first-order valence-corrected chi connectivity index (χ1v) is 38.3. The van der Waals surface area contributed by atoms with E-state index in [1.807, 2.05) is 72.8 Å². The third-order valence-electron chi connectivity index (χ3n) is 16.9. The average Bonchev–Trinajstić information content (AvgIpc) is 3.43. The number of hydrogen-bond acceptors (Lipinski definition) is 12. The van der Waals surface area contributed by atoms with Gasteiger partial charge in [-0.15, -0.1) is 0 Å². The minimum atomic E-state index is -1.12. The van der Waals surface area contributed by atoms with Gasteiger partial charge in [-0.05, 0) is 356 Å². The third kappa shape index (κ3) is 19.2. The molecule has 0 unspecified atom stereocenters. The summed E-state index contributed by atoms with van der Waals surface area (Å²) < 4.78 is 62.2. The first-order chi connectivity index (χ1) is 42.5. The van der Waals surface area contributed by atoms with E-state index in [1.54, 1.807) is 0 Å². The Kier molecular flexibility index (Phi) is 26.4. The molecule has 3 aliphatic rings. The van der Waals surface area contributed by atoms with Crippen LogP contribution in [0.2, 0.25) is 0 Å². The van der Waals surface area contributed by atoms with Gasteiger partial charge in [0.05, 0.1) is 10.7 Å². The molecule has 0 saturated heterocycles. The number of thiol groups is 1. The SMILES string of the molecule is CCC1(OC(=O)COc2c(I)cc(I)cc2COc2ccc([SH](c3ccc(OCc4cc(I)cc(I)c4OCC(=O)OC4(CC)CCCCC4)cc3)c3ccc(OCc4cc(I)cc(I)c4OCC(=O)OC4(CC)CCCCC4)cc3)cc2)CCCCC1. The first kappa shape index (κ1) is 69.6. The lowest BCUT2D eigenvalue weighted by atomic mass is 9.83. The molecule has 0 amide bonds. The van der Waals surface area contributed by atoms with Crippen molar-refractivity contribution in [2.24, 2.45) is 0 Å². The Bertz CT molecular complexity index is 2980. The second kappa shape index (κ2) is 33.4. The van der Waals surface area contributed by atoms with Gasteiger partial charge in [-0.25, -0.2) is 14.4 Å². The zero-order chi connectivity index (χ0) is 62.3. The Morgan fingerprint density at radius 1 is 0.364 bits per heavy atom. The Hall–Kier alpha value is -2.74. The van der Waals surface area contributed by atoms with Gasteiger partial charge in [0.2, 0.25) is 0 Å². The van der Waals surface area contributed by atoms with E-state index in [0.29, 0.717) is 34.5 Å². The van der Waals surface area contributed by atoms with E-state index < -0.39 is 27.7 Å². The molecule has 0 aromatic heterocycles. The van der Waals surface area contributed by atoms with E-state index in [9.17, 15) is 14.4 Å². The van der Waals surface area contributed by atoms with Gasteiger partial charge in [0.1, 0.15) is 71.1 Å². The van der Waals surface area contributed by atoms with E-state index in [-0.39, 0.29) is 57.5 Å². The molecular formula is C69H76I6O12S. The molecule has 19 heteroatoms. The second-order valence-electron chi connectivity index (χ2n) is 22.9. The highest BCUT2D eigenvalue weighted by Crippen LogP contribution is 2.52. The number of carbonyl (C=O) groups excluding carboxylic acids is 3. The molecule has 0 spiro atoms. The van der Waals surface area contributed by atoms with Crippen molar-refractivity contribution in [2.75, 3.05) is 19.8 Å². The summed E-state index contributed by atoms with van der Waals surface area (Å²) in [4.78, 5) is 43.0. The topological polar surface area (TPSA) is 134 Å². The van der Waals surface area contributed by atoms with Crippen molar-refractivity contribution in [2.45, 2.75) is 188 Å². The second-order valence-corrected chi connectivity index (χ2v) is 32.3. The highest BCUT2D eigenvalue weighted by Gasteiger charge is 2.37. The van der Waals surface area contributed by atoms with E-state index in [1.165, 1.54) is 19.3 Å². The fourth-order valence-corrected chi connectivity index (χ4v) is 20.6. The maximum atomic E-state index is 13.2. The Balaban J connectivity index is 0.912. The fourth-order valence-electron chi connectivity index (χ4n) is 12.0. The predicted octanol–water partition coefficient (Wildman–Crippen LogP) is 19.6. The molecule has 0 N–H and O–H groups in total. The van der Waals surface area contributed by atoms with Crippen LogP contribution in [0.1, 0.15) is 153 Å². The number of benzene rings is 6. The van der Waals surface area contributed by atoms with Gasteiger partial charge in [0, 0.05) is 27.4 Å². The van der Waals surface area contributed by atoms with Crippen LogP contribution in [0.25, 0.3) is 0 Å². The van der Waals surface area contributed by atoms with Crippen LogP contribution in [0.15, 0.2) is 124 Å². The molecule has 0 heterocycles. The molecule has 88 heavy (non-hydrogen) atoms. The average molecular weight is 1890 g/mol. The zero-order valence-electron chi connectivity index (χ0n) is 50.0. The molecular weight excluding hydrogens is 1810 g/mol. The normalized spacial score (nSPS) is 16.1. The summed E-state index contributed by atoms with van der Waals surface area (Å²) in [5, 5.41) is 0. The van der Waals surface area contributed by atoms with E-state index in [0.717, 1.165) is 149 Å². The van der Waals surface area contributed by atoms with Gasteiger partial charge < -0.3 is 42.6 Å². The van der Waals surface area contributed by atoms with Crippen LogP contribution in [0.3, 0.4) is 0 Å². The van der Waals surface area contributed by atoms with E-state index in [2.05, 4.69) is 193 Å². The highest BCUT2D eigenvalue weighted by molar-refractivity contribution is 14.1. The lowest BCUT2D eigenvalue weighted by Gasteiger charge is -2.35. The lowest BCUT2D eigenvalue weighted by Crippen LogP contribution is -2.38. The third-order valence-corrected chi connectivity index (χ3v) is 23.7. The van der Waals surface area contributed by atoms with Gasteiger partial charge in [-0.1, -0.05) is 40.0 Å². The standard InChI is InChI=1S/C69H76I6O12S/c1-4-67(28-10-7-11-29-67)85-61(76)43-82-64-46(34-49(70)37-58(64)73)40-79-52-16-22-55(23-17-52)88(56-24-18-53(19-25-56)80-41-47-35-50(71)38-59(74)65(47)83-44-62(77)86-68(5-2)30-12-8-13-31-68)57-26-20-54(21-27-57)81-42-48-36-51(72)39-60(75)66(48)84-45-63(78)87-69(6-3)32-14-9-15-33-69/h16-27,34-39,88H,4-15,28-33,40-45H2,1-3H3. The van der Waals surface area contributed by atoms with Crippen LogP contribution < -0.4 is 28.4 Å². The van der Waals surface area contributed by atoms with Crippen LogP contribution in [-0.4, -0.2) is 54.5 Å². The summed E-state index contributed by atoms with van der Waals surface area (Å²) in [6.45, 7) is 6.45. The molecule has 3 aliphatic carbocycles. The Morgan fingerprint density at radius 2 is 0.614 bits per heavy atom. The van der Waals surface area contributed by atoms with Crippen molar-refractivity contribution >= 4 is 164 Å². The van der Waals surface area contributed by atoms with Gasteiger partial charge in [0.15, 0.2) is 19.8 Å². The number of ether oxygens (including phenoxy) is 9. The molecule has 0 bridgehead atoms. The van der Waals surface area contributed by atoms with Crippen molar-refractivity contribution in [1.82, 2.24) is 0 Å². The molecule has 3 saturated carbocycles. The molecule has 472 valence electrons. The van der Waals surface area contributed by atoms with Gasteiger partial charge in [-0.3, -0.25) is 0 Å².